The van der Waals surface area contributed by atoms with E-state index >= 15 is 0 Å². The number of likely N-dealkylation sites (tertiary alicyclic amines) is 1. The lowest BCUT2D eigenvalue weighted by molar-refractivity contribution is 0.178. The van der Waals surface area contributed by atoms with Crippen molar-refractivity contribution >= 4 is 17.3 Å². The highest BCUT2D eigenvalue weighted by atomic mass is 35.5. The molecule has 1 aliphatic rings. The van der Waals surface area contributed by atoms with Gasteiger partial charge in [-0.05, 0) is 51.1 Å². The van der Waals surface area contributed by atoms with E-state index in [0.29, 0.717) is 0 Å². The molecule has 3 heteroatoms. The van der Waals surface area contributed by atoms with Crippen molar-refractivity contribution in [1.29, 1.82) is 0 Å². The largest absolute Gasteiger partial charge is 0.374 e. The Morgan fingerprint density at radius 1 is 1.39 bits per heavy atom. The molecule has 2 nitrogen and oxygen atoms in total. The summed E-state index contributed by atoms with van der Waals surface area (Å²) in [5.41, 5.74) is 1.21. The highest BCUT2D eigenvalue weighted by Crippen LogP contribution is 2.21. The maximum atomic E-state index is 6.03. The Morgan fingerprint density at radius 3 is 2.94 bits per heavy atom. The molecule has 2 rings (SSSR count). The fraction of sp³-hybridized carbons (Fsp3) is 0.600. The Hall–Kier alpha value is -0.730. The molecule has 1 aliphatic heterocycles. The van der Waals surface area contributed by atoms with Crippen LogP contribution >= 0.6 is 11.6 Å². The van der Waals surface area contributed by atoms with Crippen LogP contribution in [0.4, 0.5) is 5.69 Å². The molecule has 0 radical (unpaired) electrons. The Morgan fingerprint density at radius 2 is 2.22 bits per heavy atom. The molecular weight excluding hydrogens is 244 g/mol. The lowest BCUT2D eigenvalue weighted by Crippen LogP contribution is -2.38. The van der Waals surface area contributed by atoms with Gasteiger partial charge in [0.15, 0.2) is 0 Å². The van der Waals surface area contributed by atoms with Crippen molar-refractivity contribution in [1.82, 2.24) is 4.90 Å². The topological polar surface area (TPSA) is 6.48 Å². The first kappa shape index (κ1) is 13.7. The SMILES string of the molecule is CN(CCC1CCCCN1C)c1cccc(Cl)c1. The van der Waals surface area contributed by atoms with E-state index in [-0.39, 0.29) is 0 Å². The fourth-order valence-corrected chi connectivity index (χ4v) is 2.88. The minimum atomic E-state index is 0.750. The summed E-state index contributed by atoms with van der Waals surface area (Å²) in [5.74, 6) is 0. The summed E-state index contributed by atoms with van der Waals surface area (Å²) in [6.07, 6.45) is 5.33. The number of nitrogens with zero attached hydrogens (tertiary/aromatic N) is 2. The van der Waals surface area contributed by atoms with Crippen LogP contribution in [0.25, 0.3) is 0 Å². The maximum absolute atomic E-state index is 6.03. The van der Waals surface area contributed by atoms with Crippen LogP contribution in [0.1, 0.15) is 25.7 Å². The van der Waals surface area contributed by atoms with Crippen LogP contribution in [0.3, 0.4) is 0 Å². The van der Waals surface area contributed by atoms with E-state index in [1.807, 2.05) is 18.2 Å². The lowest BCUT2D eigenvalue weighted by atomic mass is 10.00. The third-order valence-electron chi connectivity index (χ3n) is 3.97. The van der Waals surface area contributed by atoms with Crippen molar-refractivity contribution in [3.63, 3.8) is 0 Å². The van der Waals surface area contributed by atoms with Crippen LogP contribution in [0, 0.1) is 0 Å². The summed E-state index contributed by atoms with van der Waals surface area (Å²) in [7, 11) is 4.40. The summed E-state index contributed by atoms with van der Waals surface area (Å²) in [6.45, 7) is 2.35. The highest BCUT2D eigenvalue weighted by molar-refractivity contribution is 6.30. The second-order valence-electron chi connectivity index (χ2n) is 5.32. The molecule has 0 amide bonds. The molecule has 0 spiro atoms. The molecule has 0 N–H and O–H groups in total. The molecule has 0 bridgehead atoms. The minimum Gasteiger partial charge on any atom is -0.374 e. The van der Waals surface area contributed by atoms with Crippen molar-refractivity contribution in [2.45, 2.75) is 31.7 Å². The Balaban J connectivity index is 1.86. The summed E-state index contributed by atoms with van der Waals surface area (Å²) in [5, 5.41) is 0.814. The van der Waals surface area contributed by atoms with Gasteiger partial charge in [-0.1, -0.05) is 24.1 Å². The van der Waals surface area contributed by atoms with Gasteiger partial charge < -0.3 is 9.80 Å². The van der Waals surface area contributed by atoms with Gasteiger partial charge in [0, 0.05) is 30.3 Å². The van der Waals surface area contributed by atoms with Gasteiger partial charge in [0.2, 0.25) is 0 Å². The molecule has 0 aliphatic carbocycles. The average molecular weight is 267 g/mol. The summed E-state index contributed by atoms with van der Waals surface area (Å²) < 4.78 is 0. The van der Waals surface area contributed by atoms with Crippen molar-refractivity contribution in [2.24, 2.45) is 0 Å². The first-order chi connectivity index (χ1) is 8.66. The predicted molar refractivity (Wildman–Crippen MR) is 79.6 cm³/mol. The lowest BCUT2D eigenvalue weighted by Gasteiger charge is -2.34. The summed E-state index contributed by atoms with van der Waals surface area (Å²) in [4.78, 5) is 4.81. The van der Waals surface area contributed by atoms with Gasteiger partial charge in [0.05, 0.1) is 0 Å². The Labute approximate surface area is 116 Å². The maximum Gasteiger partial charge on any atom is 0.0426 e. The van der Waals surface area contributed by atoms with Gasteiger partial charge in [0.1, 0.15) is 0 Å². The van der Waals surface area contributed by atoms with Crippen molar-refractivity contribution in [3.8, 4) is 0 Å². The van der Waals surface area contributed by atoms with Crippen LogP contribution in [0.5, 0.6) is 0 Å². The van der Waals surface area contributed by atoms with Crippen molar-refractivity contribution in [2.75, 3.05) is 32.1 Å². The first-order valence-corrected chi connectivity index (χ1v) is 7.21. The third kappa shape index (κ3) is 3.63. The quantitative estimate of drug-likeness (QED) is 0.821. The monoisotopic (exact) mass is 266 g/mol. The Bertz CT molecular complexity index is 381. The van der Waals surface area contributed by atoms with Gasteiger partial charge in [-0.25, -0.2) is 0 Å². The fourth-order valence-electron chi connectivity index (χ4n) is 2.69. The number of halogens is 1. The van der Waals surface area contributed by atoms with Crippen LogP contribution in [0.15, 0.2) is 24.3 Å². The molecule has 1 atom stereocenters. The zero-order valence-corrected chi connectivity index (χ0v) is 12.2. The summed E-state index contributed by atoms with van der Waals surface area (Å²) in [6, 6.07) is 8.84. The zero-order valence-electron chi connectivity index (χ0n) is 11.4. The second kappa shape index (κ2) is 6.44. The molecule has 100 valence electrons. The van der Waals surface area contributed by atoms with Crippen molar-refractivity contribution < 1.29 is 0 Å². The smallest absolute Gasteiger partial charge is 0.0426 e. The average Bonchev–Trinajstić information content (AvgIpc) is 2.37. The molecular formula is C15H23ClN2. The van der Waals surface area contributed by atoms with E-state index < -0.39 is 0 Å². The van der Waals surface area contributed by atoms with Gasteiger partial charge >= 0.3 is 0 Å². The molecule has 0 aromatic heterocycles. The van der Waals surface area contributed by atoms with E-state index in [0.717, 1.165) is 17.6 Å². The zero-order chi connectivity index (χ0) is 13.0. The highest BCUT2D eigenvalue weighted by Gasteiger charge is 2.18. The van der Waals surface area contributed by atoms with Crippen LogP contribution < -0.4 is 4.90 Å². The van der Waals surface area contributed by atoms with Gasteiger partial charge in [-0.15, -0.1) is 0 Å². The number of benzene rings is 1. The van der Waals surface area contributed by atoms with E-state index in [4.69, 9.17) is 11.6 Å². The molecule has 18 heavy (non-hydrogen) atoms. The standard InChI is InChI=1S/C15H23ClN2/c1-17-10-4-3-7-14(17)9-11-18(2)15-8-5-6-13(16)12-15/h5-6,8,12,14H,3-4,7,9-11H2,1-2H3. The molecule has 0 saturated carbocycles. The molecule has 1 unspecified atom stereocenters. The van der Waals surface area contributed by atoms with E-state index in [9.17, 15) is 0 Å². The number of hydrogen-bond acceptors (Lipinski definition) is 2. The number of piperidine rings is 1. The first-order valence-electron chi connectivity index (χ1n) is 6.84. The number of anilines is 1. The summed E-state index contributed by atoms with van der Waals surface area (Å²) >= 11 is 6.03. The van der Waals surface area contributed by atoms with Crippen molar-refractivity contribution in [3.05, 3.63) is 29.3 Å². The molecule has 1 heterocycles. The number of hydrogen-bond donors (Lipinski definition) is 0. The molecule has 1 aromatic carbocycles. The van der Waals surface area contributed by atoms with E-state index in [1.54, 1.807) is 0 Å². The van der Waals surface area contributed by atoms with Crippen LogP contribution in [-0.2, 0) is 0 Å². The molecule has 1 saturated heterocycles. The predicted octanol–water partition coefficient (Wildman–Crippen LogP) is 3.65. The van der Waals surface area contributed by atoms with E-state index in [1.165, 1.54) is 37.9 Å². The normalized spacial score (nSPS) is 20.9. The Kier molecular flexibility index (Phi) is 4.90. The minimum absolute atomic E-state index is 0.750. The van der Waals surface area contributed by atoms with Gasteiger partial charge in [-0.2, -0.15) is 0 Å². The van der Waals surface area contributed by atoms with Gasteiger partial charge in [0.25, 0.3) is 0 Å². The van der Waals surface area contributed by atoms with Crippen LogP contribution in [-0.4, -0.2) is 38.1 Å². The van der Waals surface area contributed by atoms with Crippen LogP contribution in [0.2, 0.25) is 5.02 Å². The molecule has 1 fully saturated rings. The molecule has 1 aromatic rings. The number of rotatable bonds is 4. The third-order valence-corrected chi connectivity index (χ3v) is 4.20. The van der Waals surface area contributed by atoms with Gasteiger partial charge in [-0.3, -0.25) is 0 Å². The second-order valence-corrected chi connectivity index (χ2v) is 5.76. The van der Waals surface area contributed by atoms with E-state index in [2.05, 4.69) is 30.0 Å².